The monoisotopic (exact) mass is 797 g/mol. The van der Waals surface area contributed by atoms with Crippen LogP contribution in [0.1, 0.15) is 226 Å². The molecule has 0 radical (unpaired) electrons. The van der Waals surface area contributed by atoms with Crippen LogP contribution in [-0.4, -0.2) is 41.0 Å². The maximum Gasteiger partial charge on any atom is 0.469 e. The largest absolute Gasteiger partial charge is 0.469 e. The topological polar surface area (TPSA) is 119 Å². The van der Waals surface area contributed by atoms with Crippen LogP contribution in [0.3, 0.4) is 0 Å². The van der Waals surface area contributed by atoms with Crippen LogP contribution in [0, 0.1) is 0 Å². The molecule has 0 aromatic rings. The van der Waals surface area contributed by atoms with Crippen molar-refractivity contribution in [1.82, 2.24) is 0 Å². The van der Waals surface area contributed by atoms with E-state index in [2.05, 4.69) is 54.8 Å². The van der Waals surface area contributed by atoms with E-state index in [1.807, 2.05) is 0 Å². The van der Waals surface area contributed by atoms with Crippen molar-refractivity contribution in [2.45, 2.75) is 232 Å². The molecule has 0 saturated heterocycles. The number of carbonyl (C=O) groups excluding carboxylic acids is 2. The second-order valence-corrected chi connectivity index (χ2v) is 16.6. The number of hydrogen-bond acceptors (Lipinski definition) is 6. The molecule has 322 valence electrons. The summed E-state index contributed by atoms with van der Waals surface area (Å²) in [6, 6.07) is 0. The summed E-state index contributed by atoms with van der Waals surface area (Å²) in [4.78, 5) is 42.9. The molecule has 0 unspecified atom stereocenters. The summed E-state index contributed by atoms with van der Waals surface area (Å²) in [6.45, 7) is 3.63. The fourth-order valence-corrected chi connectivity index (χ4v) is 6.81. The van der Waals surface area contributed by atoms with Crippen LogP contribution in [0.5, 0.6) is 0 Å². The van der Waals surface area contributed by atoms with Gasteiger partial charge in [-0.25, -0.2) is 4.57 Å². The normalized spacial score (nSPS) is 12.7. The highest BCUT2D eigenvalue weighted by Crippen LogP contribution is 2.36. The van der Waals surface area contributed by atoms with Crippen LogP contribution in [0.2, 0.25) is 0 Å². The van der Waals surface area contributed by atoms with Crippen LogP contribution in [0.4, 0.5) is 0 Å². The summed E-state index contributed by atoms with van der Waals surface area (Å²) < 4.78 is 26.4. The summed E-state index contributed by atoms with van der Waals surface area (Å²) in [5.41, 5.74) is 0. The van der Waals surface area contributed by atoms with Crippen molar-refractivity contribution in [1.29, 1.82) is 0 Å². The maximum absolute atomic E-state index is 12.4. The van der Waals surface area contributed by atoms with E-state index in [9.17, 15) is 14.2 Å². The number of esters is 2. The third kappa shape index (κ3) is 44.8. The number of phosphoric ester groups is 1. The summed E-state index contributed by atoms with van der Waals surface area (Å²) in [6.07, 6.45) is 50.3. The molecule has 0 bridgehead atoms. The fraction of sp³-hybridized carbons (Fsp3) is 0.826. The van der Waals surface area contributed by atoms with E-state index in [0.29, 0.717) is 12.8 Å². The van der Waals surface area contributed by atoms with Gasteiger partial charge in [0.05, 0.1) is 6.61 Å². The zero-order chi connectivity index (χ0) is 40.3. The van der Waals surface area contributed by atoms with Crippen molar-refractivity contribution < 1.29 is 37.9 Å². The summed E-state index contributed by atoms with van der Waals surface area (Å²) in [7, 11) is -4.76. The molecular weight excluding hydrogens is 711 g/mol. The smallest absolute Gasteiger partial charge is 0.462 e. The Morgan fingerprint density at radius 1 is 0.473 bits per heavy atom. The predicted molar refractivity (Wildman–Crippen MR) is 230 cm³/mol. The van der Waals surface area contributed by atoms with Gasteiger partial charge in [0.2, 0.25) is 0 Å². The average Bonchev–Trinajstić information content (AvgIpc) is 3.16. The first-order chi connectivity index (χ1) is 26.8. The van der Waals surface area contributed by atoms with E-state index in [1.165, 1.54) is 128 Å². The first kappa shape index (κ1) is 53.3. The molecule has 0 saturated carbocycles. The lowest BCUT2D eigenvalue weighted by Gasteiger charge is -2.18. The van der Waals surface area contributed by atoms with Gasteiger partial charge < -0.3 is 19.3 Å². The molecular formula is C46H85O8P. The molecule has 0 amide bonds. The maximum atomic E-state index is 12.4. The quantitative estimate of drug-likeness (QED) is 0.0271. The summed E-state index contributed by atoms with van der Waals surface area (Å²) >= 11 is 0. The predicted octanol–water partition coefficient (Wildman–Crippen LogP) is 14.1. The van der Waals surface area contributed by atoms with Gasteiger partial charge in [-0.2, -0.15) is 0 Å². The second-order valence-electron chi connectivity index (χ2n) is 15.4. The molecule has 55 heavy (non-hydrogen) atoms. The first-order valence-electron chi connectivity index (χ1n) is 22.8. The lowest BCUT2D eigenvalue weighted by Crippen LogP contribution is -2.29. The molecule has 0 aliphatic heterocycles. The van der Waals surface area contributed by atoms with Crippen LogP contribution >= 0.6 is 7.82 Å². The van der Waals surface area contributed by atoms with Gasteiger partial charge in [0.15, 0.2) is 6.10 Å². The first-order valence-corrected chi connectivity index (χ1v) is 24.3. The van der Waals surface area contributed by atoms with E-state index >= 15 is 0 Å². The number of unbranched alkanes of at least 4 members (excludes halogenated alkanes) is 26. The molecule has 0 rings (SSSR count). The number of allylic oxidation sites excluding steroid dienone is 6. The number of carbonyl (C=O) groups is 2. The molecule has 0 aliphatic carbocycles. The van der Waals surface area contributed by atoms with Crippen LogP contribution < -0.4 is 0 Å². The lowest BCUT2D eigenvalue weighted by molar-refractivity contribution is -0.161. The minimum absolute atomic E-state index is 0.162. The Morgan fingerprint density at radius 2 is 0.855 bits per heavy atom. The van der Waals surface area contributed by atoms with Gasteiger partial charge in [-0.3, -0.25) is 14.1 Å². The van der Waals surface area contributed by atoms with E-state index in [1.54, 1.807) is 0 Å². The Labute approximate surface area is 338 Å². The van der Waals surface area contributed by atoms with Crippen molar-refractivity contribution in [2.24, 2.45) is 0 Å². The second kappa shape index (κ2) is 41.9. The number of ether oxygens (including phenoxy) is 2. The van der Waals surface area contributed by atoms with Crippen LogP contribution in [0.15, 0.2) is 36.5 Å². The van der Waals surface area contributed by atoms with E-state index in [0.717, 1.165) is 57.8 Å². The van der Waals surface area contributed by atoms with Gasteiger partial charge in [0.1, 0.15) is 6.61 Å². The molecule has 1 atom stereocenters. The highest BCUT2D eigenvalue weighted by atomic mass is 31.2. The zero-order valence-corrected chi connectivity index (χ0v) is 36.5. The minimum atomic E-state index is -4.76. The summed E-state index contributed by atoms with van der Waals surface area (Å²) in [5.74, 6) is -0.933. The lowest BCUT2D eigenvalue weighted by atomic mass is 10.0. The fourth-order valence-electron chi connectivity index (χ4n) is 6.45. The zero-order valence-electron chi connectivity index (χ0n) is 35.6. The Bertz CT molecular complexity index is 988. The average molecular weight is 797 g/mol. The molecule has 0 heterocycles. The molecule has 0 aromatic heterocycles. The number of hydrogen-bond donors (Lipinski definition) is 2. The van der Waals surface area contributed by atoms with Crippen molar-refractivity contribution in [2.75, 3.05) is 13.2 Å². The van der Waals surface area contributed by atoms with Gasteiger partial charge in [0.25, 0.3) is 0 Å². The van der Waals surface area contributed by atoms with E-state index < -0.39 is 32.5 Å². The molecule has 0 aromatic carbocycles. The third-order valence-electron chi connectivity index (χ3n) is 9.88. The highest BCUT2D eigenvalue weighted by Gasteiger charge is 2.22. The molecule has 0 spiro atoms. The van der Waals surface area contributed by atoms with E-state index in [4.69, 9.17) is 19.3 Å². The van der Waals surface area contributed by atoms with Gasteiger partial charge in [-0.1, -0.05) is 192 Å². The van der Waals surface area contributed by atoms with Crippen LogP contribution in [0.25, 0.3) is 0 Å². The van der Waals surface area contributed by atoms with Crippen LogP contribution in [-0.2, 0) is 28.2 Å². The molecule has 0 aliphatic rings. The Morgan fingerprint density at radius 3 is 1.33 bits per heavy atom. The van der Waals surface area contributed by atoms with Crippen molar-refractivity contribution >= 4 is 19.8 Å². The van der Waals surface area contributed by atoms with Gasteiger partial charge >= 0.3 is 19.8 Å². The van der Waals surface area contributed by atoms with Crippen molar-refractivity contribution in [3.63, 3.8) is 0 Å². The standard InChI is InChI=1S/C46H85O8P/c1-3-5-7-9-11-13-15-17-19-20-21-22-23-24-25-26-27-29-31-33-35-37-39-41-46(48)54-44(43-53-55(49,50)51)42-52-45(47)40-38-36-34-32-30-28-18-16-14-12-10-8-6-4-2/h10,12,16,18,33,35,44H,3-9,11,13-15,17,19-32,34,36-43H2,1-2H3,(H2,49,50,51)/b12-10+,18-16+,35-33+/t44-/m1/s1. The molecule has 0 fully saturated rings. The Balaban J connectivity index is 3.87. The van der Waals surface area contributed by atoms with Gasteiger partial charge in [0, 0.05) is 12.8 Å². The minimum Gasteiger partial charge on any atom is -0.462 e. The summed E-state index contributed by atoms with van der Waals surface area (Å²) in [5, 5.41) is 0. The molecule has 8 nitrogen and oxygen atoms in total. The number of phosphoric acid groups is 1. The van der Waals surface area contributed by atoms with Crippen molar-refractivity contribution in [3.8, 4) is 0 Å². The highest BCUT2D eigenvalue weighted by molar-refractivity contribution is 7.46. The van der Waals surface area contributed by atoms with Crippen molar-refractivity contribution in [3.05, 3.63) is 36.5 Å². The Kier molecular flexibility index (Phi) is 40.6. The molecule has 2 N–H and O–H groups in total. The SMILES string of the molecule is CCCC/C=C/C/C=C/CCCCCCCC(=O)OC[C@H](COP(=O)(O)O)OC(=O)CCC/C=C/CCCCCCCCCCCCCCCCCCCC. The number of rotatable bonds is 42. The van der Waals surface area contributed by atoms with Gasteiger partial charge in [-0.05, 0) is 57.8 Å². The molecule has 9 heteroatoms. The van der Waals surface area contributed by atoms with E-state index in [-0.39, 0.29) is 19.4 Å². The Hall–Kier alpha value is -1.73. The van der Waals surface area contributed by atoms with Gasteiger partial charge in [-0.15, -0.1) is 0 Å². The third-order valence-corrected chi connectivity index (χ3v) is 10.4.